The van der Waals surface area contributed by atoms with E-state index >= 15 is 0 Å². The average molecular weight is 282 g/mol. The summed E-state index contributed by atoms with van der Waals surface area (Å²) < 4.78 is 5.22. The molecule has 1 N–H and O–H groups in total. The summed E-state index contributed by atoms with van der Waals surface area (Å²) in [6, 6.07) is 16.9. The molecule has 1 amide bonds. The van der Waals surface area contributed by atoms with Crippen LogP contribution in [0.5, 0.6) is 5.75 Å². The third kappa shape index (κ3) is 3.54. The monoisotopic (exact) mass is 282 g/mol. The molecule has 4 nitrogen and oxygen atoms in total. The number of hydrogen-bond donors (Lipinski definition) is 1. The Morgan fingerprint density at radius 3 is 2.52 bits per heavy atom. The molecule has 21 heavy (non-hydrogen) atoms. The fourth-order valence-corrected chi connectivity index (χ4v) is 2.49. The summed E-state index contributed by atoms with van der Waals surface area (Å²) in [7, 11) is 0. The molecule has 1 aliphatic rings. The number of anilines is 2. The van der Waals surface area contributed by atoms with Gasteiger partial charge in [-0.3, -0.25) is 5.32 Å². The minimum absolute atomic E-state index is 0.472. The molecular formula is C17H18N2O2. The van der Waals surface area contributed by atoms with Gasteiger partial charge < -0.3 is 9.64 Å². The van der Waals surface area contributed by atoms with Crippen LogP contribution in [0.4, 0.5) is 16.2 Å². The first-order valence-corrected chi connectivity index (χ1v) is 7.20. The van der Waals surface area contributed by atoms with Gasteiger partial charge in [-0.1, -0.05) is 24.3 Å². The smallest absolute Gasteiger partial charge is 0.410 e. The van der Waals surface area contributed by atoms with Crippen molar-refractivity contribution in [3.8, 4) is 5.75 Å². The first-order valence-electron chi connectivity index (χ1n) is 7.20. The number of ether oxygens (including phenoxy) is 1. The predicted molar refractivity (Wildman–Crippen MR) is 84.0 cm³/mol. The Morgan fingerprint density at radius 2 is 1.76 bits per heavy atom. The summed E-state index contributed by atoms with van der Waals surface area (Å²) in [5, 5.41) is 2.77. The molecule has 2 aromatic carbocycles. The van der Waals surface area contributed by atoms with Crippen molar-refractivity contribution >= 4 is 17.5 Å². The molecule has 2 aromatic rings. The molecule has 108 valence electrons. The lowest BCUT2D eigenvalue weighted by Gasteiger charge is -2.18. The minimum Gasteiger partial charge on any atom is -0.410 e. The van der Waals surface area contributed by atoms with Crippen LogP contribution in [0.2, 0.25) is 0 Å². The van der Waals surface area contributed by atoms with Crippen molar-refractivity contribution in [2.75, 3.05) is 23.3 Å². The third-order valence-corrected chi connectivity index (χ3v) is 3.52. The Labute approximate surface area is 124 Å². The first-order chi connectivity index (χ1) is 10.3. The molecule has 4 heteroatoms. The molecule has 0 saturated carbocycles. The number of hydrogen-bond acceptors (Lipinski definition) is 3. The Hall–Kier alpha value is -2.49. The van der Waals surface area contributed by atoms with Crippen molar-refractivity contribution in [2.24, 2.45) is 0 Å². The van der Waals surface area contributed by atoms with Crippen molar-refractivity contribution in [3.63, 3.8) is 0 Å². The van der Waals surface area contributed by atoms with Crippen LogP contribution >= 0.6 is 0 Å². The highest BCUT2D eigenvalue weighted by atomic mass is 16.6. The molecule has 1 heterocycles. The lowest BCUT2D eigenvalue weighted by Crippen LogP contribution is -2.19. The molecule has 0 unspecified atom stereocenters. The Bertz CT molecular complexity index is 607. The fraction of sp³-hybridized carbons (Fsp3) is 0.235. The van der Waals surface area contributed by atoms with E-state index in [-0.39, 0.29) is 0 Å². The van der Waals surface area contributed by atoms with Crippen molar-refractivity contribution in [1.29, 1.82) is 0 Å². The number of benzene rings is 2. The van der Waals surface area contributed by atoms with Crippen LogP contribution < -0.4 is 15.0 Å². The van der Waals surface area contributed by atoms with E-state index in [1.807, 2.05) is 36.4 Å². The largest absolute Gasteiger partial charge is 0.417 e. The van der Waals surface area contributed by atoms with Crippen LogP contribution in [0.15, 0.2) is 54.6 Å². The number of carbonyl (C=O) groups excluding carboxylic acids is 1. The fourth-order valence-electron chi connectivity index (χ4n) is 2.49. The average Bonchev–Trinajstić information content (AvgIpc) is 3.02. The van der Waals surface area contributed by atoms with Gasteiger partial charge in [0.25, 0.3) is 0 Å². The second kappa shape index (κ2) is 6.31. The van der Waals surface area contributed by atoms with Gasteiger partial charge in [0.2, 0.25) is 0 Å². The summed E-state index contributed by atoms with van der Waals surface area (Å²) in [5.41, 5.74) is 1.89. The SMILES string of the molecule is O=C(Nc1cccc(N2CCCC2)c1)Oc1ccccc1. The molecular weight excluding hydrogens is 264 g/mol. The second-order valence-electron chi connectivity index (χ2n) is 5.07. The number of para-hydroxylation sites is 1. The van der Waals surface area contributed by atoms with Gasteiger partial charge in [0.05, 0.1) is 0 Å². The molecule has 0 bridgehead atoms. The zero-order valence-electron chi connectivity index (χ0n) is 11.8. The van der Waals surface area contributed by atoms with Crippen LogP contribution in [0.1, 0.15) is 12.8 Å². The lowest BCUT2D eigenvalue weighted by atomic mass is 10.2. The van der Waals surface area contributed by atoms with Gasteiger partial charge >= 0.3 is 6.09 Å². The number of carbonyl (C=O) groups is 1. The maximum Gasteiger partial charge on any atom is 0.417 e. The standard InChI is InChI=1S/C17H18N2O2/c20-17(21-16-9-2-1-3-10-16)18-14-7-6-8-15(13-14)19-11-4-5-12-19/h1-3,6-10,13H,4-5,11-12H2,(H,18,20). The molecule has 1 fully saturated rings. The van der Waals surface area contributed by atoms with E-state index in [0.717, 1.165) is 24.5 Å². The third-order valence-electron chi connectivity index (χ3n) is 3.52. The molecule has 0 spiro atoms. The van der Waals surface area contributed by atoms with E-state index in [1.54, 1.807) is 12.1 Å². The number of nitrogens with one attached hydrogen (secondary N) is 1. The predicted octanol–water partition coefficient (Wildman–Crippen LogP) is 3.90. The number of rotatable bonds is 3. The van der Waals surface area contributed by atoms with Crippen LogP contribution in [-0.4, -0.2) is 19.2 Å². The zero-order valence-corrected chi connectivity index (χ0v) is 11.8. The van der Waals surface area contributed by atoms with Crippen LogP contribution in [0, 0.1) is 0 Å². The molecule has 1 aliphatic heterocycles. The summed E-state index contributed by atoms with van der Waals surface area (Å²) in [6.45, 7) is 2.16. The Kier molecular flexibility index (Phi) is 4.05. The molecule has 0 radical (unpaired) electrons. The van der Waals surface area contributed by atoms with E-state index < -0.39 is 6.09 Å². The van der Waals surface area contributed by atoms with Gasteiger partial charge in [-0.25, -0.2) is 4.79 Å². The summed E-state index contributed by atoms with van der Waals surface area (Å²) >= 11 is 0. The highest BCUT2D eigenvalue weighted by molar-refractivity contribution is 5.87. The zero-order chi connectivity index (χ0) is 14.5. The van der Waals surface area contributed by atoms with Crippen molar-refractivity contribution in [1.82, 2.24) is 0 Å². The van der Waals surface area contributed by atoms with Crippen LogP contribution in [0.3, 0.4) is 0 Å². The summed E-state index contributed by atoms with van der Waals surface area (Å²) in [5.74, 6) is 0.533. The van der Waals surface area contributed by atoms with Crippen molar-refractivity contribution in [2.45, 2.75) is 12.8 Å². The van der Waals surface area contributed by atoms with E-state index in [4.69, 9.17) is 4.74 Å². The van der Waals surface area contributed by atoms with E-state index in [9.17, 15) is 4.79 Å². The van der Waals surface area contributed by atoms with Gasteiger partial charge in [0.15, 0.2) is 0 Å². The van der Waals surface area contributed by atoms with E-state index in [0.29, 0.717) is 5.75 Å². The molecule has 0 aromatic heterocycles. The quantitative estimate of drug-likeness (QED) is 0.928. The second-order valence-corrected chi connectivity index (χ2v) is 5.07. The maximum atomic E-state index is 11.9. The van der Waals surface area contributed by atoms with Crippen LogP contribution in [0.25, 0.3) is 0 Å². The van der Waals surface area contributed by atoms with E-state index in [2.05, 4.69) is 16.3 Å². The van der Waals surface area contributed by atoms with Gasteiger partial charge in [-0.15, -0.1) is 0 Å². The van der Waals surface area contributed by atoms with Gasteiger partial charge in [0.1, 0.15) is 5.75 Å². The first kappa shape index (κ1) is 13.5. The van der Waals surface area contributed by atoms with Gasteiger partial charge in [0, 0.05) is 24.5 Å². The Balaban J connectivity index is 1.64. The van der Waals surface area contributed by atoms with Crippen LogP contribution in [-0.2, 0) is 0 Å². The van der Waals surface area contributed by atoms with Crippen molar-refractivity contribution in [3.05, 3.63) is 54.6 Å². The lowest BCUT2D eigenvalue weighted by molar-refractivity contribution is 0.215. The van der Waals surface area contributed by atoms with Gasteiger partial charge in [-0.05, 0) is 43.2 Å². The summed E-state index contributed by atoms with van der Waals surface area (Å²) in [4.78, 5) is 14.2. The topological polar surface area (TPSA) is 41.6 Å². The molecule has 1 saturated heterocycles. The molecule has 0 atom stereocenters. The van der Waals surface area contributed by atoms with Crippen molar-refractivity contribution < 1.29 is 9.53 Å². The summed E-state index contributed by atoms with van der Waals surface area (Å²) in [6.07, 6.45) is 1.99. The highest BCUT2D eigenvalue weighted by Gasteiger charge is 2.13. The number of amides is 1. The highest BCUT2D eigenvalue weighted by Crippen LogP contribution is 2.23. The minimum atomic E-state index is -0.472. The molecule has 3 rings (SSSR count). The van der Waals surface area contributed by atoms with E-state index in [1.165, 1.54) is 12.8 Å². The maximum absolute atomic E-state index is 11.9. The normalized spacial score (nSPS) is 14.0. The Morgan fingerprint density at radius 1 is 1.00 bits per heavy atom. The number of nitrogens with zero attached hydrogens (tertiary/aromatic N) is 1. The molecule has 0 aliphatic carbocycles. The van der Waals surface area contributed by atoms with Gasteiger partial charge in [-0.2, -0.15) is 0 Å².